The molecule has 0 bridgehead atoms. The van der Waals surface area contributed by atoms with Crippen molar-refractivity contribution in [3.05, 3.63) is 174 Å². The van der Waals surface area contributed by atoms with Gasteiger partial charge in [0, 0.05) is 78.8 Å². The molecule has 1 atom stereocenters. The van der Waals surface area contributed by atoms with E-state index in [1.807, 2.05) is 28.7 Å². The molecule has 0 saturated carbocycles. The van der Waals surface area contributed by atoms with Crippen LogP contribution in [0.2, 0.25) is 0 Å². The van der Waals surface area contributed by atoms with E-state index < -0.39 is 0 Å². The predicted molar refractivity (Wildman–Crippen MR) is 222 cm³/mol. The van der Waals surface area contributed by atoms with Gasteiger partial charge in [-0.2, -0.15) is 0 Å². The summed E-state index contributed by atoms with van der Waals surface area (Å²) in [7, 11) is 0. The molecule has 0 saturated heterocycles. The van der Waals surface area contributed by atoms with Crippen molar-refractivity contribution >= 4 is 96.4 Å². The first-order valence-corrected chi connectivity index (χ1v) is 19.0. The fourth-order valence-electron chi connectivity index (χ4n) is 7.78. The van der Waals surface area contributed by atoms with E-state index in [4.69, 9.17) is 15.0 Å². The third kappa shape index (κ3) is 4.55. The zero-order chi connectivity index (χ0) is 34.2. The molecule has 4 nitrogen and oxygen atoms in total. The predicted octanol–water partition coefficient (Wildman–Crippen LogP) is 12.3. The Morgan fingerprint density at radius 3 is 2.02 bits per heavy atom. The van der Waals surface area contributed by atoms with E-state index in [-0.39, 0.29) is 6.17 Å². The number of nitrogens with zero attached hydrogens (tertiary/aromatic N) is 3. The lowest BCUT2D eigenvalue weighted by Gasteiger charge is -2.24. The van der Waals surface area contributed by atoms with Gasteiger partial charge in [0.05, 0.1) is 11.2 Å². The van der Waals surface area contributed by atoms with Crippen molar-refractivity contribution in [1.82, 2.24) is 10.3 Å². The lowest BCUT2D eigenvalue weighted by molar-refractivity contribution is 0.680. The first kappa shape index (κ1) is 29.5. The average molecular weight is 701 g/mol. The first-order chi connectivity index (χ1) is 25.8. The maximum absolute atomic E-state index is 5.44. The summed E-state index contributed by atoms with van der Waals surface area (Å²) in [6, 6.07) is 55.8. The van der Waals surface area contributed by atoms with E-state index in [0.717, 1.165) is 50.5 Å². The third-order valence-corrected chi connectivity index (χ3v) is 12.6. The van der Waals surface area contributed by atoms with Crippen LogP contribution in [0, 0.1) is 0 Å². The molecule has 4 heterocycles. The monoisotopic (exact) mass is 700 g/mol. The number of fused-ring (bicyclic) bond motifs is 10. The number of rotatable bonds is 4. The molecule has 7 aromatic carbocycles. The number of para-hydroxylation sites is 1. The minimum atomic E-state index is -0.343. The van der Waals surface area contributed by atoms with E-state index in [2.05, 4.69) is 157 Å². The number of hydrogen-bond donors (Lipinski definition) is 1. The summed E-state index contributed by atoms with van der Waals surface area (Å²) in [6.07, 6.45) is -0.343. The fraction of sp³-hybridized carbons (Fsp3) is 0.0217. The Morgan fingerprint density at radius 2 is 1.15 bits per heavy atom. The molecule has 1 aliphatic rings. The van der Waals surface area contributed by atoms with Gasteiger partial charge in [0.25, 0.3) is 0 Å². The van der Waals surface area contributed by atoms with Crippen molar-refractivity contribution in [3.63, 3.8) is 0 Å². The molecular formula is C46H28N4S2. The molecule has 0 amide bonds. The maximum Gasteiger partial charge on any atom is 0.160 e. The van der Waals surface area contributed by atoms with Crippen LogP contribution in [0.5, 0.6) is 0 Å². The van der Waals surface area contributed by atoms with Gasteiger partial charge in [-0.05, 0) is 18.2 Å². The minimum Gasteiger partial charge on any atom is -0.344 e. The Balaban J connectivity index is 1.16. The highest BCUT2D eigenvalue weighted by Crippen LogP contribution is 2.45. The Labute approximate surface area is 307 Å². The lowest BCUT2D eigenvalue weighted by atomic mass is 9.97. The highest BCUT2D eigenvalue weighted by Gasteiger charge is 2.26. The largest absolute Gasteiger partial charge is 0.344 e. The molecule has 52 heavy (non-hydrogen) atoms. The number of nitrogens with one attached hydrogen (secondary N) is 1. The van der Waals surface area contributed by atoms with Gasteiger partial charge in [-0.3, -0.25) is 0 Å². The number of hydrogen-bond acceptors (Lipinski definition) is 6. The fourth-order valence-corrected chi connectivity index (χ4v) is 10.3. The second-order valence-corrected chi connectivity index (χ2v) is 15.2. The molecule has 0 aliphatic carbocycles. The summed E-state index contributed by atoms with van der Waals surface area (Å²) >= 11 is 3.67. The minimum absolute atomic E-state index is 0.343. The zero-order valence-electron chi connectivity index (χ0n) is 27.7. The molecule has 1 aliphatic heterocycles. The van der Waals surface area contributed by atoms with Crippen molar-refractivity contribution in [2.24, 2.45) is 9.98 Å². The van der Waals surface area contributed by atoms with Gasteiger partial charge in [-0.1, -0.05) is 140 Å². The van der Waals surface area contributed by atoms with Crippen LogP contribution >= 0.6 is 22.7 Å². The standard InChI is InChI=1S/C46H28N4S2/c1-3-13-27(14-4-1)41-33-26-25-30-29-19-11-21-35(42(29)52-43(30)40(33)31-17-7-9-22-36(31)47-41)46-49-44(28-15-5-2-6-16-28)48-45(50-46)34-20-12-24-38-39(34)32-18-8-10-23-37(32)51-38/h1-26,46H,(H,48,49,50). The van der Waals surface area contributed by atoms with Crippen LogP contribution in [0.1, 0.15) is 22.9 Å². The van der Waals surface area contributed by atoms with Crippen molar-refractivity contribution in [2.75, 3.05) is 0 Å². The third-order valence-electron chi connectivity index (χ3n) is 10.1. The van der Waals surface area contributed by atoms with Crippen molar-refractivity contribution in [1.29, 1.82) is 0 Å². The Kier molecular flexibility index (Phi) is 6.62. The van der Waals surface area contributed by atoms with E-state index in [1.165, 1.54) is 51.1 Å². The Hall–Kier alpha value is -6.21. The van der Waals surface area contributed by atoms with E-state index in [0.29, 0.717) is 0 Å². The van der Waals surface area contributed by atoms with Gasteiger partial charge >= 0.3 is 0 Å². The van der Waals surface area contributed by atoms with E-state index >= 15 is 0 Å². The average Bonchev–Trinajstić information content (AvgIpc) is 3.80. The molecule has 0 radical (unpaired) electrons. The molecule has 6 heteroatoms. The number of benzene rings is 7. The van der Waals surface area contributed by atoms with Crippen molar-refractivity contribution in [2.45, 2.75) is 6.17 Å². The second kappa shape index (κ2) is 11.7. The summed E-state index contributed by atoms with van der Waals surface area (Å²) in [4.78, 5) is 15.9. The first-order valence-electron chi connectivity index (χ1n) is 17.4. The number of pyridine rings is 1. The summed E-state index contributed by atoms with van der Waals surface area (Å²) in [5.74, 6) is 1.56. The number of aromatic nitrogens is 1. The van der Waals surface area contributed by atoms with Gasteiger partial charge < -0.3 is 5.32 Å². The molecule has 1 unspecified atom stereocenters. The number of aliphatic imine (C=N–C) groups is 2. The second-order valence-electron chi connectivity index (χ2n) is 13.1. The summed E-state index contributed by atoms with van der Waals surface area (Å²) in [5, 5.41) is 12.3. The molecule has 11 rings (SSSR count). The molecule has 244 valence electrons. The van der Waals surface area contributed by atoms with Crippen molar-refractivity contribution in [3.8, 4) is 11.3 Å². The highest BCUT2D eigenvalue weighted by molar-refractivity contribution is 7.27. The molecule has 0 fully saturated rings. The van der Waals surface area contributed by atoms with Gasteiger partial charge in [-0.25, -0.2) is 15.0 Å². The number of thiophene rings is 2. The molecule has 0 spiro atoms. The summed E-state index contributed by atoms with van der Waals surface area (Å²) in [5.41, 5.74) is 6.35. The van der Waals surface area contributed by atoms with Crippen LogP contribution < -0.4 is 5.32 Å². The summed E-state index contributed by atoms with van der Waals surface area (Å²) < 4.78 is 5.00. The molecule has 3 aromatic heterocycles. The SMILES string of the molecule is c1ccc(C2=NC(c3cccc4sc5ccccc5c34)=NC(c3cccc4c3sc3c4ccc4c(-c5ccccc5)nc5ccccc5c43)N2)cc1. The molecular weight excluding hydrogens is 673 g/mol. The molecule has 1 N–H and O–H groups in total. The van der Waals surface area contributed by atoms with Gasteiger partial charge in [0.15, 0.2) is 5.84 Å². The Bertz CT molecular complexity index is 3100. The topological polar surface area (TPSA) is 49.6 Å². The highest BCUT2D eigenvalue weighted by atomic mass is 32.1. The normalized spacial score (nSPS) is 14.7. The van der Waals surface area contributed by atoms with E-state index in [9.17, 15) is 0 Å². The van der Waals surface area contributed by atoms with Crippen LogP contribution in [-0.2, 0) is 0 Å². The smallest absolute Gasteiger partial charge is 0.160 e. The Morgan fingerprint density at radius 1 is 0.481 bits per heavy atom. The van der Waals surface area contributed by atoms with E-state index in [1.54, 1.807) is 0 Å². The zero-order valence-corrected chi connectivity index (χ0v) is 29.4. The maximum atomic E-state index is 5.44. The van der Waals surface area contributed by atoms with Gasteiger partial charge in [0.1, 0.15) is 12.0 Å². The lowest BCUT2D eigenvalue weighted by Crippen LogP contribution is -2.33. The van der Waals surface area contributed by atoms with Crippen LogP contribution in [0.15, 0.2) is 168 Å². The van der Waals surface area contributed by atoms with Crippen LogP contribution in [-0.4, -0.2) is 16.7 Å². The van der Waals surface area contributed by atoms with Crippen LogP contribution in [0.3, 0.4) is 0 Å². The van der Waals surface area contributed by atoms with Gasteiger partial charge in [-0.15, -0.1) is 22.7 Å². The quantitative estimate of drug-likeness (QED) is 0.186. The van der Waals surface area contributed by atoms with Gasteiger partial charge in [0.2, 0.25) is 0 Å². The van der Waals surface area contributed by atoms with Crippen molar-refractivity contribution < 1.29 is 0 Å². The number of amidine groups is 2. The summed E-state index contributed by atoms with van der Waals surface area (Å²) in [6.45, 7) is 0. The van der Waals surface area contributed by atoms with Crippen LogP contribution in [0.4, 0.5) is 0 Å². The molecule has 10 aromatic rings. The van der Waals surface area contributed by atoms with Crippen LogP contribution in [0.25, 0.3) is 73.3 Å².